The van der Waals surface area contributed by atoms with Gasteiger partial charge in [-0.15, -0.1) is 0 Å². The van der Waals surface area contributed by atoms with E-state index < -0.39 is 34.0 Å². The molecule has 1 aromatic carbocycles. The van der Waals surface area contributed by atoms with Gasteiger partial charge in [0, 0.05) is 6.04 Å². The van der Waals surface area contributed by atoms with Crippen molar-refractivity contribution in [3.8, 4) is 6.07 Å². The number of benzene rings is 1. The molecule has 2 atom stereocenters. The van der Waals surface area contributed by atoms with Crippen molar-refractivity contribution in [1.82, 2.24) is 10.0 Å². The van der Waals surface area contributed by atoms with Gasteiger partial charge in [0.2, 0.25) is 10.0 Å². The first-order chi connectivity index (χ1) is 12.9. The lowest BCUT2D eigenvalue weighted by Gasteiger charge is -2.27. The maximum Gasteiger partial charge on any atom is 0.338 e. The molecule has 8 nitrogen and oxygen atoms in total. The maximum absolute atomic E-state index is 12.2. The number of nitriles is 1. The van der Waals surface area contributed by atoms with Crippen LogP contribution < -0.4 is 10.0 Å². The molecular formula is C19H27N3O5S. The molecule has 1 rings (SSSR count). The number of esters is 1. The van der Waals surface area contributed by atoms with Crippen molar-refractivity contribution in [3.63, 3.8) is 0 Å². The van der Waals surface area contributed by atoms with E-state index in [1.807, 2.05) is 13.0 Å². The lowest BCUT2D eigenvalue weighted by Crippen LogP contribution is -2.50. The number of nitrogens with zero attached hydrogens (tertiary/aromatic N) is 1. The van der Waals surface area contributed by atoms with E-state index in [0.717, 1.165) is 0 Å². The van der Waals surface area contributed by atoms with Crippen LogP contribution in [0.25, 0.3) is 0 Å². The monoisotopic (exact) mass is 409 g/mol. The minimum absolute atomic E-state index is 0.0313. The number of amides is 1. The van der Waals surface area contributed by atoms with Crippen molar-refractivity contribution in [1.29, 1.82) is 5.26 Å². The van der Waals surface area contributed by atoms with Gasteiger partial charge in [-0.25, -0.2) is 17.9 Å². The molecule has 0 aromatic heterocycles. The summed E-state index contributed by atoms with van der Waals surface area (Å²) in [6.07, 6.45) is 0.646. The van der Waals surface area contributed by atoms with Crippen LogP contribution in [0.15, 0.2) is 29.2 Å². The van der Waals surface area contributed by atoms with Crippen LogP contribution in [0.3, 0.4) is 0 Å². The molecule has 1 amide bonds. The van der Waals surface area contributed by atoms with E-state index in [9.17, 15) is 23.3 Å². The summed E-state index contributed by atoms with van der Waals surface area (Å²) >= 11 is 0. The van der Waals surface area contributed by atoms with Crippen LogP contribution in [0.4, 0.5) is 0 Å². The number of carbonyl (C=O) groups is 2. The second-order valence-electron chi connectivity index (χ2n) is 7.05. The van der Waals surface area contributed by atoms with Crippen LogP contribution in [-0.4, -0.2) is 38.5 Å². The largest absolute Gasteiger partial charge is 0.452 e. The number of carbonyl (C=O) groups excluding carboxylic acids is 2. The highest BCUT2D eigenvalue weighted by atomic mass is 32.2. The van der Waals surface area contributed by atoms with E-state index in [4.69, 9.17) is 4.74 Å². The number of hydrogen-bond acceptors (Lipinski definition) is 6. The maximum atomic E-state index is 12.2. The van der Waals surface area contributed by atoms with E-state index >= 15 is 0 Å². The quantitative estimate of drug-likeness (QED) is 0.601. The van der Waals surface area contributed by atoms with Gasteiger partial charge in [0.05, 0.1) is 16.5 Å². The second kappa shape index (κ2) is 9.66. The first-order valence-corrected chi connectivity index (χ1v) is 10.4. The zero-order chi connectivity index (χ0) is 21.5. The number of rotatable bonds is 9. The Hall–Kier alpha value is -2.44. The van der Waals surface area contributed by atoms with Crippen LogP contribution >= 0.6 is 0 Å². The minimum atomic E-state index is -3.67. The van der Waals surface area contributed by atoms with E-state index in [1.54, 1.807) is 27.7 Å². The lowest BCUT2D eigenvalue weighted by molar-refractivity contribution is -0.125. The van der Waals surface area contributed by atoms with E-state index in [2.05, 4.69) is 10.0 Å². The van der Waals surface area contributed by atoms with E-state index in [0.29, 0.717) is 6.42 Å². The number of nitrogens with one attached hydrogen (secondary N) is 2. The Bertz CT molecular complexity index is 843. The highest BCUT2D eigenvalue weighted by molar-refractivity contribution is 7.89. The van der Waals surface area contributed by atoms with Gasteiger partial charge in [-0.1, -0.05) is 20.8 Å². The van der Waals surface area contributed by atoms with Gasteiger partial charge < -0.3 is 10.1 Å². The normalized spacial score (nSPS) is 14.6. The Balaban J connectivity index is 2.72. The fourth-order valence-electron chi connectivity index (χ4n) is 2.03. The molecule has 0 saturated carbocycles. The fourth-order valence-corrected chi connectivity index (χ4v) is 3.35. The predicted molar refractivity (Wildman–Crippen MR) is 104 cm³/mol. The average Bonchev–Trinajstić information content (AvgIpc) is 2.65. The van der Waals surface area contributed by atoms with Crippen molar-refractivity contribution in [2.75, 3.05) is 6.61 Å². The van der Waals surface area contributed by atoms with E-state index in [-0.39, 0.29) is 22.4 Å². The Kier molecular flexibility index (Phi) is 8.14. The van der Waals surface area contributed by atoms with Crippen LogP contribution in [-0.2, 0) is 19.6 Å². The third-order valence-corrected chi connectivity index (χ3v) is 6.09. The van der Waals surface area contributed by atoms with Crippen LogP contribution in [0.5, 0.6) is 0 Å². The zero-order valence-electron chi connectivity index (χ0n) is 16.8. The second-order valence-corrected chi connectivity index (χ2v) is 8.76. The predicted octanol–water partition coefficient (Wildman–Crippen LogP) is 1.97. The van der Waals surface area contributed by atoms with Gasteiger partial charge in [-0.05, 0) is 50.5 Å². The summed E-state index contributed by atoms with van der Waals surface area (Å²) in [6.45, 7) is 8.25. The summed E-state index contributed by atoms with van der Waals surface area (Å²) in [7, 11) is -3.67. The molecule has 2 N–H and O–H groups in total. The molecule has 0 bridgehead atoms. The van der Waals surface area contributed by atoms with Gasteiger partial charge in [-0.2, -0.15) is 5.26 Å². The summed E-state index contributed by atoms with van der Waals surface area (Å²) in [5.74, 6) is -1.49. The van der Waals surface area contributed by atoms with E-state index in [1.165, 1.54) is 24.3 Å². The summed E-state index contributed by atoms with van der Waals surface area (Å²) in [5.41, 5.74) is -0.954. The molecule has 0 spiro atoms. The van der Waals surface area contributed by atoms with Gasteiger partial charge in [-0.3, -0.25) is 4.79 Å². The van der Waals surface area contributed by atoms with Gasteiger partial charge in [0.25, 0.3) is 5.91 Å². The van der Waals surface area contributed by atoms with Crippen molar-refractivity contribution >= 4 is 21.9 Å². The third kappa shape index (κ3) is 6.32. The summed E-state index contributed by atoms with van der Waals surface area (Å²) < 4.78 is 31.9. The molecule has 28 heavy (non-hydrogen) atoms. The average molecular weight is 410 g/mol. The topological polar surface area (TPSA) is 125 Å². The zero-order valence-corrected chi connectivity index (χ0v) is 17.6. The molecule has 9 heteroatoms. The number of ether oxygens (including phenoxy) is 1. The fraction of sp³-hybridized carbons (Fsp3) is 0.526. The molecule has 0 aliphatic carbocycles. The van der Waals surface area contributed by atoms with Gasteiger partial charge in [0.1, 0.15) is 5.54 Å². The summed E-state index contributed by atoms with van der Waals surface area (Å²) in [6, 6.07) is 7.05. The Labute approximate surface area is 166 Å². The molecule has 154 valence electrons. The molecule has 0 fully saturated rings. The van der Waals surface area contributed by atoms with Crippen molar-refractivity contribution in [3.05, 3.63) is 29.8 Å². The Morgan fingerprint density at radius 1 is 1.21 bits per heavy atom. The lowest BCUT2D eigenvalue weighted by atomic mass is 9.90. The SMILES string of the molecule is CC[C@@H](C)NS(=O)(=O)c1ccc(C(=O)OCC(=O)N[C@@](C)(C#N)C(C)C)cc1. The molecule has 0 aliphatic rings. The first-order valence-electron chi connectivity index (χ1n) is 8.97. The van der Waals surface area contributed by atoms with Gasteiger partial charge in [0.15, 0.2) is 6.61 Å². The Morgan fingerprint density at radius 3 is 2.25 bits per heavy atom. The molecule has 1 aromatic rings. The first kappa shape index (κ1) is 23.6. The summed E-state index contributed by atoms with van der Waals surface area (Å²) in [4.78, 5) is 24.0. The smallest absolute Gasteiger partial charge is 0.338 e. The molecule has 0 aliphatic heterocycles. The van der Waals surface area contributed by atoms with Crippen molar-refractivity contribution in [2.24, 2.45) is 5.92 Å². The highest BCUT2D eigenvalue weighted by Gasteiger charge is 2.30. The van der Waals surface area contributed by atoms with Crippen molar-refractivity contribution < 1.29 is 22.7 Å². The molecular weight excluding hydrogens is 382 g/mol. The molecule has 0 saturated heterocycles. The standard InChI is InChI=1S/C19H27N3O5S/c1-6-14(4)22-28(25,26)16-9-7-15(8-10-16)18(24)27-11-17(23)21-19(5,12-20)13(2)3/h7-10,13-14,22H,6,11H2,1-5H3,(H,21,23)/t14-,19+/m1/s1. The van der Waals surface area contributed by atoms with Crippen LogP contribution in [0, 0.1) is 17.2 Å². The van der Waals surface area contributed by atoms with Crippen molar-refractivity contribution in [2.45, 2.75) is 57.5 Å². The van der Waals surface area contributed by atoms with Crippen LogP contribution in [0.2, 0.25) is 0 Å². The molecule has 0 unspecified atom stereocenters. The van der Waals surface area contributed by atoms with Crippen LogP contribution in [0.1, 0.15) is 51.4 Å². The molecule has 0 heterocycles. The number of hydrogen-bond donors (Lipinski definition) is 2. The Morgan fingerprint density at radius 2 is 1.79 bits per heavy atom. The minimum Gasteiger partial charge on any atom is -0.452 e. The third-order valence-electron chi connectivity index (χ3n) is 4.49. The number of sulfonamides is 1. The summed E-state index contributed by atoms with van der Waals surface area (Å²) in [5, 5.41) is 11.7. The highest BCUT2D eigenvalue weighted by Crippen LogP contribution is 2.15. The van der Waals surface area contributed by atoms with Gasteiger partial charge >= 0.3 is 5.97 Å². The molecule has 0 radical (unpaired) electrons.